The van der Waals surface area contributed by atoms with Crippen LogP contribution in [0, 0.1) is 0 Å². The Labute approximate surface area is 91.5 Å². The van der Waals surface area contributed by atoms with Crippen molar-refractivity contribution >= 4 is 34.1 Å². The van der Waals surface area contributed by atoms with E-state index in [0.717, 1.165) is 0 Å². The molecule has 1 N–H and O–H groups in total. The Hall–Kier alpha value is -0.620. The maximum absolute atomic E-state index is 11.4. The normalized spacial score (nSPS) is 11.4. The van der Waals surface area contributed by atoms with Crippen LogP contribution < -0.4 is 5.32 Å². The Kier molecular flexibility index (Phi) is 3.88. The van der Waals surface area contributed by atoms with Crippen LogP contribution in [0.25, 0.3) is 0 Å². The molecular weight excluding hydrogens is 218 g/mol. The summed E-state index contributed by atoms with van der Waals surface area (Å²) in [7, 11) is 0. The Morgan fingerprint density at radius 2 is 2.36 bits per heavy atom. The van der Waals surface area contributed by atoms with Gasteiger partial charge in [-0.1, -0.05) is 32.1 Å². The average molecular weight is 231 g/mol. The van der Waals surface area contributed by atoms with E-state index in [0.29, 0.717) is 10.9 Å². The van der Waals surface area contributed by atoms with Gasteiger partial charge in [0.05, 0.1) is 5.75 Å². The Balaban J connectivity index is 2.30. The summed E-state index contributed by atoms with van der Waals surface area (Å²) >= 11 is 2.93. The summed E-state index contributed by atoms with van der Waals surface area (Å²) in [4.78, 5) is 11.4. The fraction of sp³-hybridized carbons (Fsp3) is 0.625. The van der Waals surface area contributed by atoms with E-state index in [1.807, 2.05) is 0 Å². The molecular formula is C8H13N3OS2. The van der Waals surface area contributed by atoms with Gasteiger partial charge in [0.15, 0.2) is 0 Å². The molecule has 14 heavy (non-hydrogen) atoms. The molecule has 0 unspecified atom stereocenters. The van der Waals surface area contributed by atoms with Crippen LogP contribution in [0.2, 0.25) is 0 Å². The molecule has 1 aromatic heterocycles. The zero-order valence-electron chi connectivity index (χ0n) is 8.40. The summed E-state index contributed by atoms with van der Waals surface area (Å²) in [5, 5.41) is 10.6. The molecule has 0 bridgehead atoms. The van der Waals surface area contributed by atoms with Crippen molar-refractivity contribution in [3.8, 4) is 0 Å². The lowest BCUT2D eigenvalue weighted by Gasteiger charge is -2.16. The van der Waals surface area contributed by atoms with Gasteiger partial charge in [-0.3, -0.25) is 10.1 Å². The lowest BCUT2D eigenvalue weighted by Crippen LogP contribution is -2.18. The molecule has 1 amide bonds. The summed E-state index contributed by atoms with van der Waals surface area (Å²) in [6.07, 6.45) is 0. The molecule has 1 rings (SSSR count). The number of carbonyl (C=O) groups is 1. The summed E-state index contributed by atoms with van der Waals surface area (Å²) in [6, 6.07) is 0. The van der Waals surface area contributed by atoms with Crippen molar-refractivity contribution < 1.29 is 4.79 Å². The molecule has 1 heterocycles. The number of thioether (sulfide) groups is 1. The monoisotopic (exact) mass is 231 g/mol. The van der Waals surface area contributed by atoms with Crippen molar-refractivity contribution in [1.29, 1.82) is 0 Å². The van der Waals surface area contributed by atoms with E-state index in [-0.39, 0.29) is 10.7 Å². The lowest BCUT2D eigenvalue weighted by molar-refractivity contribution is -0.113. The minimum Gasteiger partial charge on any atom is -0.300 e. The average Bonchev–Trinajstić information content (AvgIpc) is 2.52. The quantitative estimate of drug-likeness (QED) is 0.864. The van der Waals surface area contributed by atoms with Gasteiger partial charge in [-0.15, -0.1) is 22.0 Å². The summed E-state index contributed by atoms with van der Waals surface area (Å²) in [5.41, 5.74) is 1.59. The number of hydrogen-bond donors (Lipinski definition) is 1. The summed E-state index contributed by atoms with van der Waals surface area (Å²) < 4.78 is 0.110. The van der Waals surface area contributed by atoms with Crippen LogP contribution in [0.1, 0.15) is 20.8 Å². The molecule has 78 valence electrons. The minimum absolute atomic E-state index is 0.0262. The standard InChI is InChI=1S/C8H13N3OS2/c1-8(2,3)14-4-6(12)10-7-11-9-5-13-7/h5H,4H2,1-3H3,(H,10,11,12). The second-order valence-electron chi connectivity index (χ2n) is 3.69. The van der Waals surface area contributed by atoms with Crippen LogP contribution in [0.5, 0.6) is 0 Å². The Morgan fingerprint density at radius 1 is 1.64 bits per heavy atom. The van der Waals surface area contributed by atoms with Crippen LogP contribution in [-0.4, -0.2) is 26.6 Å². The van der Waals surface area contributed by atoms with Gasteiger partial charge < -0.3 is 0 Å². The Morgan fingerprint density at radius 3 is 2.86 bits per heavy atom. The molecule has 0 radical (unpaired) electrons. The van der Waals surface area contributed by atoms with Gasteiger partial charge in [0, 0.05) is 4.75 Å². The number of amides is 1. The van der Waals surface area contributed by atoms with Crippen LogP contribution in [-0.2, 0) is 4.79 Å². The highest BCUT2D eigenvalue weighted by Gasteiger charge is 2.13. The number of rotatable bonds is 3. The molecule has 0 saturated heterocycles. The van der Waals surface area contributed by atoms with Gasteiger partial charge in [-0.05, 0) is 0 Å². The molecule has 0 aliphatic heterocycles. The first-order valence-corrected chi connectivity index (χ1v) is 6.04. The molecule has 0 aromatic carbocycles. The minimum atomic E-state index is -0.0262. The third-order valence-corrected chi connectivity index (χ3v) is 3.12. The summed E-state index contributed by atoms with van der Waals surface area (Å²) in [5.74, 6) is 0.421. The van der Waals surface area contributed by atoms with Crippen LogP contribution in [0.15, 0.2) is 5.51 Å². The van der Waals surface area contributed by atoms with Crippen molar-refractivity contribution in [1.82, 2.24) is 10.2 Å². The number of carbonyl (C=O) groups excluding carboxylic acids is 1. The second kappa shape index (κ2) is 4.75. The van der Waals surface area contributed by atoms with E-state index in [2.05, 4.69) is 36.3 Å². The fourth-order valence-electron chi connectivity index (χ4n) is 0.665. The molecule has 0 saturated carbocycles. The SMILES string of the molecule is CC(C)(C)SCC(=O)Nc1nncs1. The largest absolute Gasteiger partial charge is 0.300 e. The van der Waals surface area contributed by atoms with Gasteiger partial charge in [0.1, 0.15) is 5.51 Å². The van der Waals surface area contributed by atoms with Gasteiger partial charge in [-0.25, -0.2) is 0 Å². The third kappa shape index (κ3) is 4.57. The van der Waals surface area contributed by atoms with Gasteiger partial charge in [0.25, 0.3) is 0 Å². The van der Waals surface area contributed by atoms with Crippen molar-refractivity contribution in [3.05, 3.63) is 5.51 Å². The summed E-state index contributed by atoms with van der Waals surface area (Å²) in [6.45, 7) is 6.24. The van der Waals surface area contributed by atoms with Crippen LogP contribution in [0.3, 0.4) is 0 Å². The number of aromatic nitrogens is 2. The number of nitrogens with zero attached hydrogens (tertiary/aromatic N) is 2. The van der Waals surface area contributed by atoms with Crippen LogP contribution in [0.4, 0.5) is 5.13 Å². The van der Waals surface area contributed by atoms with Crippen molar-refractivity contribution in [2.24, 2.45) is 0 Å². The zero-order chi connectivity index (χ0) is 10.6. The highest BCUT2D eigenvalue weighted by Crippen LogP contribution is 2.23. The highest BCUT2D eigenvalue weighted by atomic mass is 32.2. The van der Waals surface area contributed by atoms with Gasteiger partial charge in [-0.2, -0.15) is 0 Å². The maximum atomic E-state index is 11.4. The number of anilines is 1. The van der Waals surface area contributed by atoms with E-state index in [1.165, 1.54) is 11.3 Å². The molecule has 0 atom stereocenters. The molecule has 6 heteroatoms. The molecule has 0 spiro atoms. The number of nitrogens with one attached hydrogen (secondary N) is 1. The first-order valence-electron chi connectivity index (χ1n) is 4.17. The number of hydrogen-bond acceptors (Lipinski definition) is 5. The molecule has 4 nitrogen and oxygen atoms in total. The third-order valence-electron chi connectivity index (χ3n) is 1.24. The van der Waals surface area contributed by atoms with Gasteiger partial charge in [0.2, 0.25) is 11.0 Å². The smallest absolute Gasteiger partial charge is 0.236 e. The van der Waals surface area contributed by atoms with E-state index >= 15 is 0 Å². The molecule has 0 aliphatic rings. The predicted molar refractivity (Wildman–Crippen MR) is 60.7 cm³/mol. The Bertz CT molecular complexity index is 292. The van der Waals surface area contributed by atoms with Crippen molar-refractivity contribution in [3.63, 3.8) is 0 Å². The molecule has 1 aromatic rings. The molecule has 0 fully saturated rings. The van der Waals surface area contributed by atoms with Crippen molar-refractivity contribution in [2.45, 2.75) is 25.5 Å². The second-order valence-corrected chi connectivity index (χ2v) is 6.33. The topological polar surface area (TPSA) is 54.9 Å². The molecule has 0 aliphatic carbocycles. The lowest BCUT2D eigenvalue weighted by atomic mass is 10.3. The first kappa shape index (κ1) is 11.5. The van der Waals surface area contributed by atoms with E-state index < -0.39 is 0 Å². The van der Waals surface area contributed by atoms with E-state index in [9.17, 15) is 4.79 Å². The van der Waals surface area contributed by atoms with E-state index in [1.54, 1.807) is 17.3 Å². The maximum Gasteiger partial charge on any atom is 0.236 e. The highest BCUT2D eigenvalue weighted by molar-refractivity contribution is 8.01. The van der Waals surface area contributed by atoms with E-state index in [4.69, 9.17) is 0 Å². The van der Waals surface area contributed by atoms with Gasteiger partial charge >= 0.3 is 0 Å². The predicted octanol–water partition coefficient (Wildman–Crippen LogP) is 2.01. The zero-order valence-corrected chi connectivity index (χ0v) is 10.0. The van der Waals surface area contributed by atoms with Crippen molar-refractivity contribution in [2.75, 3.05) is 11.1 Å². The van der Waals surface area contributed by atoms with Crippen LogP contribution >= 0.6 is 23.1 Å². The first-order chi connectivity index (χ1) is 6.47. The fourth-order valence-corrected chi connectivity index (χ4v) is 1.76.